The van der Waals surface area contributed by atoms with Gasteiger partial charge in [0, 0.05) is 19.3 Å². The molecule has 5 nitrogen and oxygen atoms in total. The summed E-state index contributed by atoms with van der Waals surface area (Å²) in [6.07, 6.45) is 8.56. The van der Waals surface area contributed by atoms with Crippen LogP contribution < -0.4 is 4.90 Å². The molecular weight excluding hydrogens is 252 g/mol. The normalized spacial score (nSPS) is 30.4. The standard InChI is InChI=1S/C15H20N4O/c1-15-5-2-11(20-15)4-8-19(9-6-15)14-12-3-7-16-13(12)17-10-18-14/h3,7,10-11H,2,4-6,8-9H2,1H3,(H,16,17,18). The van der Waals surface area contributed by atoms with E-state index in [1.807, 2.05) is 6.20 Å². The van der Waals surface area contributed by atoms with E-state index in [9.17, 15) is 0 Å². The minimum atomic E-state index is 0.0631. The molecule has 0 spiro atoms. The van der Waals surface area contributed by atoms with Crippen molar-refractivity contribution in [1.82, 2.24) is 15.0 Å². The maximum Gasteiger partial charge on any atom is 0.142 e. The van der Waals surface area contributed by atoms with Gasteiger partial charge in [0.05, 0.1) is 17.1 Å². The average Bonchev–Trinajstić information content (AvgIpc) is 3.04. The van der Waals surface area contributed by atoms with Gasteiger partial charge in [-0.1, -0.05) is 0 Å². The lowest BCUT2D eigenvalue weighted by atomic mass is 9.98. The number of aromatic amines is 1. The van der Waals surface area contributed by atoms with Crippen molar-refractivity contribution in [3.05, 3.63) is 18.6 Å². The first-order valence-electron chi connectivity index (χ1n) is 7.44. The van der Waals surface area contributed by atoms with Crippen molar-refractivity contribution >= 4 is 16.9 Å². The maximum absolute atomic E-state index is 6.18. The zero-order valence-electron chi connectivity index (χ0n) is 11.8. The summed E-state index contributed by atoms with van der Waals surface area (Å²) in [6.45, 7) is 4.26. The molecule has 2 aromatic heterocycles. The number of aromatic nitrogens is 3. The second-order valence-corrected chi connectivity index (χ2v) is 6.19. The Labute approximate surface area is 118 Å². The molecule has 0 saturated carbocycles. The van der Waals surface area contributed by atoms with Crippen molar-refractivity contribution < 1.29 is 4.74 Å². The molecular formula is C15H20N4O. The summed E-state index contributed by atoms with van der Waals surface area (Å²) in [5.41, 5.74) is 0.982. The van der Waals surface area contributed by atoms with Crippen LogP contribution in [0.2, 0.25) is 0 Å². The number of hydrogen-bond donors (Lipinski definition) is 1. The minimum absolute atomic E-state index is 0.0631. The van der Waals surface area contributed by atoms with E-state index in [2.05, 4.69) is 32.8 Å². The number of fused-ring (bicyclic) bond motifs is 3. The molecule has 4 heterocycles. The molecule has 106 valence electrons. The highest BCUT2D eigenvalue weighted by molar-refractivity contribution is 5.87. The molecule has 0 aromatic carbocycles. The fourth-order valence-corrected chi connectivity index (χ4v) is 3.48. The molecule has 2 atom stereocenters. The second-order valence-electron chi connectivity index (χ2n) is 6.19. The summed E-state index contributed by atoms with van der Waals surface area (Å²) in [5.74, 6) is 1.06. The Morgan fingerprint density at radius 3 is 3.20 bits per heavy atom. The van der Waals surface area contributed by atoms with E-state index in [0.717, 1.165) is 42.8 Å². The summed E-state index contributed by atoms with van der Waals surface area (Å²) in [6, 6.07) is 2.07. The summed E-state index contributed by atoms with van der Waals surface area (Å²) >= 11 is 0. The highest BCUT2D eigenvalue weighted by atomic mass is 16.5. The van der Waals surface area contributed by atoms with E-state index in [1.54, 1.807) is 6.33 Å². The first kappa shape index (κ1) is 12.1. The molecule has 2 unspecified atom stereocenters. The number of hydrogen-bond acceptors (Lipinski definition) is 4. The molecule has 2 aliphatic rings. The van der Waals surface area contributed by atoms with Gasteiger partial charge in [-0.3, -0.25) is 0 Å². The number of rotatable bonds is 1. The number of nitrogens with zero attached hydrogens (tertiary/aromatic N) is 3. The lowest BCUT2D eigenvalue weighted by Crippen LogP contribution is -2.38. The first-order valence-corrected chi connectivity index (χ1v) is 7.44. The Bertz CT molecular complexity index is 625. The van der Waals surface area contributed by atoms with Crippen molar-refractivity contribution in [3.63, 3.8) is 0 Å². The van der Waals surface area contributed by atoms with Crippen LogP contribution in [0.3, 0.4) is 0 Å². The van der Waals surface area contributed by atoms with Gasteiger partial charge >= 0.3 is 0 Å². The fourth-order valence-electron chi connectivity index (χ4n) is 3.48. The first-order chi connectivity index (χ1) is 9.73. The molecule has 20 heavy (non-hydrogen) atoms. The van der Waals surface area contributed by atoms with Gasteiger partial charge in [-0.2, -0.15) is 0 Å². The number of nitrogens with one attached hydrogen (secondary N) is 1. The smallest absolute Gasteiger partial charge is 0.142 e. The largest absolute Gasteiger partial charge is 0.372 e. The van der Waals surface area contributed by atoms with E-state index < -0.39 is 0 Å². The quantitative estimate of drug-likeness (QED) is 0.866. The highest BCUT2D eigenvalue weighted by Crippen LogP contribution is 2.37. The zero-order chi connectivity index (χ0) is 13.6. The predicted molar refractivity (Wildman–Crippen MR) is 77.8 cm³/mol. The van der Waals surface area contributed by atoms with Crippen LogP contribution in [0, 0.1) is 0 Å². The average molecular weight is 272 g/mol. The molecule has 2 aromatic rings. The Hall–Kier alpha value is -1.62. The minimum Gasteiger partial charge on any atom is -0.372 e. The molecule has 2 bridgehead atoms. The van der Waals surface area contributed by atoms with Crippen LogP contribution in [0.15, 0.2) is 18.6 Å². The van der Waals surface area contributed by atoms with Crippen molar-refractivity contribution in [1.29, 1.82) is 0 Å². The predicted octanol–water partition coefficient (Wildman–Crippen LogP) is 2.50. The van der Waals surface area contributed by atoms with Gasteiger partial charge in [-0.05, 0) is 38.7 Å². The summed E-state index contributed by atoms with van der Waals surface area (Å²) in [7, 11) is 0. The molecule has 0 amide bonds. The summed E-state index contributed by atoms with van der Waals surface area (Å²) in [5, 5.41) is 1.12. The Morgan fingerprint density at radius 2 is 2.25 bits per heavy atom. The monoisotopic (exact) mass is 272 g/mol. The van der Waals surface area contributed by atoms with E-state index in [1.165, 1.54) is 12.8 Å². The Balaban J connectivity index is 1.66. The third-order valence-corrected chi connectivity index (χ3v) is 4.71. The van der Waals surface area contributed by atoms with Crippen LogP contribution in [0.25, 0.3) is 11.0 Å². The van der Waals surface area contributed by atoms with Crippen LogP contribution in [-0.2, 0) is 4.74 Å². The molecule has 2 saturated heterocycles. The van der Waals surface area contributed by atoms with Crippen molar-refractivity contribution in [3.8, 4) is 0 Å². The Morgan fingerprint density at radius 1 is 1.30 bits per heavy atom. The third kappa shape index (κ3) is 1.97. The van der Waals surface area contributed by atoms with Gasteiger partial charge in [-0.15, -0.1) is 0 Å². The van der Waals surface area contributed by atoms with E-state index >= 15 is 0 Å². The van der Waals surface area contributed by atoms with Crippen LogP contribution in [0.1, 0.15) is 32.6 Å². The second kappa shape index (κ2) is 4.45. The topological polar surface area (TPSA) is 54.0 Å². The molecule has 2 aliphatic heterocycles. The van der Waals surface area contributed by atoms with Gasteiger partial charge in [0.2, 0.25) is 0 Å². The van der Waals surface area contributed by atoms with Crippen molar-refractivity contribution in [2.45, 2.75) is 44.3 Å². The van der Waals surface area contributed by atoms with Crippen molar-refractivity contribution in [2.75, 3.05) is 18.0 Å². The van der Waals surface area contributed by atoms with Crippen LogP contribution in [0.4, 0.5) is 5.82 Å². The van der Waals surface area contributed by atoms with Gasteiger partial charge < -0.3 is 14.6 Å². The molecule has 2 fully saturated rings. The van der Waals surface area contributed by atoms with E-state index in [-0.39, 0.29) is 5.60 Å². The van der Waals surface area contributed by atoms with Gasteiger partial charge in [0.15, 0.2) is 0 Å². The Kier molecular flexibility index (Phi) is 2.70. The van der Waals surface area contributed by atoms with E-state index in [4.69, 9.17) is 4.74 Å². The lowest BCUT2D eigenvalue weighted by molar-refractivity contribution is -0.0389. The van der Waals surface area contributed by atoms with Gasteiger partial charge in [0.25, 0.3) is 0 Å². The van der Waals surface area contributed by atoms with Crippen LogP contribution >= 0.6 is 0 Å². The molecule has 5 heteroatoms. The third-order valence-electron chi connectivity index (χ3n) is 4.71. The van der Waals surface area contributed by atoms with Crippen molar-refractivity contribution in [2.24, 2.45) is 0 Å². The fraction of sp³-hybridized carbons (Fsp3) is 0.600. The van der Waals surface area contributed by atoms with E-state index in [0.29, 0.717) is 6.10 Å². The number of anilines is 1. The van der Waals surface area contributed by atoms with Crippen LogP contribution in [0.5, 0.6) is 0 Å². The maximum atomic E-state index is 6.18. The molecule has 1 N–H and O–H groups in total. The molecule has 4 rings (SSSR count). The van der Waals surface area contributed by atoms with Gasteiger partial charge in [0.1, 0.15) is 17.8 Å². The number of H-pyrrole nitrogens is 1. The number of ether oxygens (including phenoxy) is 1. The van der Waals surface area contributed by atoms with Crippen LogP contribution in [-0.4, -0.2) is 39.7 Å². The molecule has 0 radical (unpaired) electrons. The summed E-state index contributed by atoms with van der Waals surface area (Å²) < 4.78 is 6.18. The zero-order valence-corrected chi connectivity index (χ0v) is 11.8. The highest BCUT2D eigenvalue weighted by Gasteiger charge is 2.38. The van der Waals surface area contributed by atoms with Gasteiger partial charge in [-0.25, -0.2) is 9.97 Å². The summed E-state index contributed by atoms with van der Waals surface area (Å²) in [4.78, 5) is 14.4. The lowest BCUT2D eigenvalue weighted by Gasteiger charge is -2.33. The molecule has 0 aliphatic carbocycles. The SMILES string of the molecule is CC12CCC(CCN(c3ncnc4[nH]ccc34)CC1)O2.